The average molecular weight is 451 g/mol. The van der Waals surface area contributed by atoms with Crippen molar-refractivity contribution in [2.75, 3.05) is 31.2 Å². The molecule has 27 heavy (non-hydrogen) atoms. The van der Waals surface area contributed by atoms with E-state index in [-0.39, 0.29) is 0 Å². The molecule has 5 rings (SSSR count). The van der Waals surface area contributed by atoms with Crippen LogP contribution in [0.25, 0.3) is 0 Å². The number of hydrogen-bond acceptors (Lipinski definition) is 6. The van der Waals surface area contributed by atoms with Crippen LogP contribution in [0.3, 0.4) is 0 Å². The van der Waals surface area contributed by atoms with Crippen LogP contribution >= 0.6 is 27.7 Å². The van der Waals surface area contributed by atoms with Gasteiger partial charge in [-0.25, -0.2) is 0 Å². The summed E-state index contributed by atoms with van der Waals surface area (Å²) in [5.41, 5.74) is 1.19. The van der Waals surface area contributed by atoms with E-state index in [9.17, 15) is 0 Å². The molecule has 3 heterocycles. The predicted octanol–water partition coefficient (Wildman–Crippen LogP) is 4.43. The number of thioether (sulfide) groups is 1. The topological polar surface area (TPSA) is 52.4 Å². The highest BCUT2D eigenvalue weighted by Crippen LogP contribution is 2.43. The van der Waals surface area contributed by atoms with Gasteiger partial charge >= 0.3 is 0 Å². The minimum atomic E-state index is 0.572. The third-order valence-corrected chi connectivity index (χ3v) is 7.00. The summed E-state index contributed by atoms with van der Waals surface area (Å²) in [7, 11) is 0. The molecule has 0 radical (unpaired) electrons. The third-order valence-electron chi connectivity index (χ3n) is 5.27. The highest BCUT2D eigenvalue weighted by atomic mass is 79.9. The standard InChI is InChI=1S/C19H23BrN4O2S/c20-15-11-17-16(25-8-9-26-17)10-13(15)12-27-19-22-21-18(24(19)14-4-5-14)23-6-2-1-3-7-23/h10-11,14H,1-9,12H2. The lowest BCUT2D eigenvalue weighted by Crippen LogP contribution is -2.31. The number of nitrogens with zero attached hydrogens (tertiary/aromatic N) is 4. The molecule has 1 saturated heterocycles. The van der Waals surface area contributed by atoms with Crippen molar-refractivity contribution in [1.29, 1.82) is 0 Å². The molecule has 1 aliphatic carbocycles. The van der Waals surface area contributed by atoms with Gasteiger partial charge in [-0.1, -0.05) is 27.7 Å². The van der Waals surface area contributed by atoms with E-state index in [4.69, 9.17) is 9.47 Å². The first kappa shape index (κ1) is 17.7. The molecule has 1 saturated carbocycles. The van der Waals surface area contributed by atoms with Crippen molar-refractivity contribution in [2.24, 2.45) is 0 Å². The Bertz CT molecular complexity index is 833. The number of aromatic nitrogens is 3. The van der Waals surface area contributed by atoms with Gasteiger partial charge in [0.25, 0.3) is 0 Å². The fourth-order valence-electron chi connectivity index (χ4n) is 3.69. The summed E-state index contributed by atoms with van der Waals surface area (Å²) < 4.78 is 14.8. The molecule has 1 aromatic heterocycles. The molecule has 8 heteroatoms. The largest absolute Gasteiger partial charge is 0.486 e. The number of ether oxygens (including phenoxy) is 2. The van der Waals surface area contributed by atoms with Gasteiger partial charge in [0.05, 0.1) is 0 Å². The smallest absolute Gasteiger partial charge is 0.228 e. The molecule has 6 nitrogen and oxygen atoms in total. The molecule has 0 bridgehead atoms. The number of halogens is 1. The minimum absolute atomic E-state index is 0.572. The SMILES string of the molecule is Brc1cc2c(cc1CSc1nnc(N3CCCCC3)n1C1CC1)OCCO2. The average Bonchev–Trinajstić information content (AvgIpc) is 3.46. The molecular formula is C19H23BrN4O2S. The summed E-state index contributed by atoms with van der Waals surface area (Å²) in [5, 5.41) is 10.1. The second kappa shape index (κ2) is 7.54. The Kier molecular flexibility index (Phi) is 4.94. The number of benzene rings is 1. The minimum Gasteiger partial charge on any atom is -0.486 e. The van der Waals surface area contributed by atoms with Crippen molar-refractivity contribution < 1.29 is 9.47 Å². The Morgan fingerprint density at radius 3 is 2.52 bits per heavy atom. The van der Waals surface area contributed by atoms with Crippen LogP contribution in [0.2, 0.25) is 0 Å². The van der Waals surface area contributed by atoms with Crippen LogP contribution in [0.4, 0.5) is 5.95 Å². The van der Waals surface area contributed by atoms with Gasteiger partial charge in [-0.15, -0.1) is 10.2 Å². The lowest BCUT2D eigenvalue weighted by molar-refractivity contribution is 0.171. The van der Waals surface area contributed by atoms with Crippen LogP contribution in [0.1, 0.15) is 43.7 Å². The summed E-state index contributed by atoms with van der Waals surface area (Å²) >= 11 is 5.43. The number of anilines is 1. The fourth-order valence-corrected chi connectivity index (χ4v) is 5.33. The molecule has 0 unspecified atom stereocenters. The predicted molar refractivity (Wildman–Crippen MR) is 109 cm³/mol. The van der Waals surface area contributed by atoms with Crippen molar-refractivity contribution in [3.05, 3.63) is 22.2 Å². The van der Waals surface area contributed by atoms with Crippen molar-refractivity contribution in [2.45, 2.75) is 49.1 Å². The van der Waals surface area contributed by atoms with Crippen molar-refractivity contribution >= 4 is 33.6 Å². The molecule has 2 fully saturated rings. The molecule has 0 atom stereocenters. The number of fused-ring (bicyclic) bond motifs is 1. The third kappa shape index (κ3) is 3.66. The summed E-state index contributed by atoms with van der Waals surface area (Å²) in [6.07, 6.45) is 6.31. The van der Waals surface area contributed by atoms with Crippen LogP contribution in [0, 0.1) is 0 Å². The maximum absolute atomic E-state index is 5.73. The molecule has 2 aliphatic heterocycles. The van der Waals surface area contributed by atoms with Gasteiger partial charge in [0, 0.05) is 29.4 Å². The first-order valence-electron chi connectivity index (χ1n) is 9.70. The zero-order valence-electron chi connectivity index (χ0n) is 15.2. The van der Waals surface area contributed by atoms with Crippen LogP contribution in [0.5, 0.6) is 11.5 Å². The van der Waals surface area contributed by atoms with E-state index in [0.29, 0.717) is 19.3 Å². The van der Waals surface area contributed by atoms with Crippen molar-refractivity contribution in [1.82, 2.24) is 14.8 Å². The summed E-state index contributed by atoms with van der Waals surface area (Å²) in [6, 6.07) is 4.66. The van der Waals surface area contributed by atoms with Crippen LogP contribution < -0.4 is 14.4 Å². The Morgan fingerprint density at radius 2 is 1.78 bits per heavy atom. The Morgan fingerprint density at radius 1 is 1.04 bits per heavy atom. The van der Waals surface area contributed by atoms with E-state index in [1.807, 2.05) is 6.07 Å². The maximum atomic E-state index is 5.73. The highest BCUT2D eigenvalue weighted by molar-refractivity contribution is 9.10. The van der Waals surface area contributed by atoms with E-state index >= 15 is 0 Å². The zero-order chi connectivity index (χ0) is 18.2. The lowest BCUT2D eigenvalue weighted by atomic mass is 10.1. The molecule has 0 amide bonds. The molecule has 0 spiro atoms. The quantitative estimate of drug-likeness (QED) is 0.627. The monoisotopic (exact) mass is 450 g/mol. The lowest BCUT2D eigenvalue weighted by Gasteiger charge is -2.27. The van der Waals surface area contributed by atoms with Crippen LogP contribution in [0.15, 0.2) is 21.8 Å². The van der Waals surface area contributed by atoms with Gasteiger partial charge in [0.2, 0.25) is 5.95 Å². The number of rotatable bonds is 5. The van der Waals surface area contributed by atoms with E-state index in [1.165, 1.54) is 37.7 Å². The summed E-state index contributed by atoms with van der Waals surface area (Å²) in [6.45, 7) is 3.42. The summed E-state index contributed by atoms with van der Waals surface area (Å²) in [4.78, 5) is 2.42. The van der Waals surface area contributed by atoms with Gasteiger partial charge in [-0.3, -0.25) is 4.57 Å². The van der Waals surface area contributed by atoms with Gasteiger partial charge in [0.1, 0.15) is 13.2 Å². The van der Waals surface area contributed by atoms with Crippen LogP contribution in [-0.2, 0) is 5.75 Å². The molecule has 2 aromatic rings. The van der Waals surface area contributed by atoms with Gasteiger partial charge in [-0.05, 0) is 49.8 Å². The normalized spacial score (nSPS) is 19.4. The Labute approximate surface area is 171 Å². The van der Waals surface area contributed by atoms with Gasteiger partial charge in [0.15, 0.2) is 16.7 Å². The van der Waals surface area contributed by atoms with E-state index in [2.05, 4.69) is 41.7 Å². The van der Waals surface area contributed by atoms with Gasteiger partial charge < -0.3 is 14.4 Å². The highest BCUT2D eigenvalue weighted by Gasteiger charge is 2.32. The number of hydrogen-bond donors (Lipinski definition) is 0. The second-order valence-corrected chi connectivity index (χ2v) is 9.10. The molecule has 1 aromatic carbocycles. The maximum Gasteiger partial charge on any atom is 0.228 e. The van der Waals surface area contributed by atoms with E-state index < -0.39 is 0 Å². The first-order valence-corrected chi connectivity index (χ1v) is 11.5. The second-order valence-electron chi connectivity index (χ2n) is 7.31. The fraction of sp³-hybridized carbons (Fsp3) is 0.579. The zero-order valence-corrected chi connectivity index (χ0v) is 17.6. The van der Waals surface area contributed by atoms with E-state index in [1.54, 1.807) is 11.8 Å². The van der Waals surface area contributed by atoms with Crippen molar-refractivity contribution in [3.8, 4) is 11.5 Å². The number of piperidine rings is 1. The van der Waals surface area contributed by atoms with Crippen LogP contribution in [-0.4, -0.2) is 41.1 Å². The first-order chi connectivity index (χ1) is 13.3. The van der Waals surface area contributed by atoms with Crippen molar-refractivity contribution in [3.63, 3.8) is 0 Å². The van der Waals surface area contributed by atoms with Gasteiger partial charge in [-0.2, -0.15) is 0 Å². The Balaban J connectivity index is 1.36. The molecule has 144 valence electrons. The molecule has 0 N–H and O–H groups in total. The Hall–Kier alpha value is -1.41. The summed E-state index contributed by atoms with van der Waals surface area (Å²) in [5.74, 6) is 3.54. The molecule has 3 aliphatic rings. The molecular weight excluding hydrogens is 428 g/mol. The van der Waals surface area contributed by atoms with E-state index in [0.717, 1.165) is 45.9 Å².